The van der Waals surface area contributed by atoms with Crippen LogP contribution in [-0.4, -0.2) is 21.3 Å². The molecule has 1 heterocycles. The Kier molecular flexibility index (Phi) is 3.48. The Balaban J connectivity index is 2.52. The van der Waals surface area contributed by atoms with E-state index in [0.29, 0.717) is 0 Å². The number of benzene rings is 1. The van der Waals surface area contributed by atoms with Crippen molar-refractivity contribution >= 4 is 0 Å². The molecular weight excluding hydrogens is 224 g/mol. The summed E-state index contributed by atoms with van der Waals surface area (Å²) in [5.41, 5.74) is 0.896. The highest BCUT2D eigenvalue weighted by Gasteiger charge is 2.27. The van der Waals surface area contributed by atoms with Crippen molar-refractivity contribution in [1.82, 2.24) is 20.1 Å². The molecule has 0 bridgehead atoms. The van der Waals surface area contributed by atoms with Crippen molar-refractivity contribution in [3.8, 4) is 5.69 Å². The third-order valence-corrected chi connectivity index (χ3v) is 3.02. The van der Waals surface area contributed by atoms with Crippen LogP contribution in [-0.2, 0) is 5.54 Å². The molecule has 0 amide bonds. The van der Waals surface area contributed by atoms with Crippen LogP contribution in [0.1, 0.15) is 32.4 Å². The highest BCUT2D eigenvalue weighted by Crippen LogP contribution is 2.22. The second-order valence-electron chi connectivity index (χ2n) is 4.90. The third-order valence-electron chi connectivity index (χ3n) is 3.02. The van der Waals surface area contributed by atoms with Gasteiger partial charge in [-0.3, -0.25) is 4.57 Å². The first-order valence-electron chi connectivity index (χ1n) is 6.29. The molecule has 2 rings (SSSR count). The van der Waals surface area contributed by atoms with Crippen LogP contribution in [0.5, 0.6) is 0 Å². The Hall–Kier alpha value is -1.68. The van der Waals surface area contributed by atoms with E-state index in [0.717, 1.165) is 23.9 Å². The fraction of sp³-hybridized carbons (Fsp3) is 0.429. The molecule has 0 aliphatic heterocycles. The molecule has 1 aromatic heterocycles. The smallest absolute Gasteiger partial charge is 0.157 e. The average Bonchev–Trinajstić information content (AvgIpc) is 2.73. The van der Waals surface area contributed by atoms with E-state index in [1.807, 2.05) is 25.1 Å². The van der Waals surface area contributed by atoms with E-state index in [4.69, 9.17) is 0 Å². The number of para-hydroxylation sites is 1. The Bertz CT molecular complexity index is 514. The predicted molar refractivity (Wildman–Crippen MR) is 72.8 cm³/mol. The van der Waals surface area contributed by atoms with Gasteiger partial charge in [0, 0.05) is 5.69 Å². The van der Waals surface area contributed by atoms with Gasteiger partial charge in [-0.1, -0.05) is 25.1 Å². The molecule has 0 spiro atoms. The Labute approximate surface area is 108 Å². The van der Waals surface area contributed by atoms with Gasteiger partial charge in [0.25, 0.3) is 0 Å². The largest absolute Gasteiger partial charge is 0.305 e. The van der Waals surface area contributed by atoms with Gasteiger partial charge in [-0.25, -0.2) is 0 Å². The highest BCUT2D eigenvalue weighted by atomic mass is 15.3. The first-order chi connectivity index (χ1) is 8.56. The molecule has 0 unspecified atom stereocenters. The Morgan fingerprint density at radius 1 is 1.17 bits per heavy atom. The van der Waals surface area contributed by atoms with Crippen LogP contribution in [0.15, 0.2) is 30.3 Å². The minimum Gasteiger partial charge on any atom is -0.305 e. The second-order valence-corrected chi connectivity index (χ2v) is 4.90. The van der Waals surface area contributed by atoms with Gasteiger partial charge in [-0.2, -0.15) is 0 Å². The van der Waals surface area contributed by atoms with Gasteiger partial charge in [0.05, 0.1) is 5.54 Å². The lowest BCUT2D eigenvalue weighted by Gasteiger charge is -2.25. The van der Waals surface area contributed by atoms with Crippen molar-refractivity contribution in [2.75, 3.05) is 6.54 Å². The van der Waals surface area contributed by atoms with Crippen molar-refractivity contribution in [2.45, 2.75) is 33.2 Å². The van der Waals surface area contributed by atoms with Crippen molar-refractivity contribution < 1.29 is 0 Å². The number of aryl methyl sites for hydroxylation is 1. The number of nitrogens with one attached hydrogen (secondary N) is 1. The van der Waals surface area contributed by atoms with Crippen LogP contribution < -0.4 is 5.32 Å². The lowest BCUT2D eigenvalue weighted by Crippen LogP contribution is -2.38. The standard InChI is InChI=1S/C14H20N4/c1-5-15-14(3,4)13-17-16-11(2)18(13)12-9-7-6-8-10-12/h6-10,15H,5H2,1-4H3. The molecule has 0 aliphatic rings. The third kappa shape index (κ3) is 2.29. The monoisotopic (exact) mass is 244 g/mol. The van der Waals surface area contributed by atoms with Crippen molar-refractivity contribution in [3.63, 3.8) is 0 Å². The molecule has 2 aromatic rings. The summed E-state index contributed by atoms with van der Waals surface area (Å²) >= 11 is 0. The lowest BCUT2D eigenvalue weighted by molar-refractivity contribution is 0.384. The van der Waals surface area contributed by atoms with E-state index in [1.165, 1.54) is 0 Å². The van der Waals surface area contributed by atoms with E-state index >= 15 is 0 Å². The molecule has 0 fully saturated rings. The maximum absolute atomic E-state index is 4.33. The molecule has 0 saturated heterocycles. The molecular formula is C14H20N4. The zero-order valence-electron chi connectivity index (χ0n) is 11.4. The topological polar surface area (TPSA) is 42.7 Å². The Morgan fingerprint density at radius 2 is 1.83 bits per heavy atom. The summed E-state index contributed by atoms with van der Waals surface area (Å²) in [6.07, 6.45) is 0. The van der Waals surface area contributed by atoms with Gasteiger partial charge in [0.1, 0.15) is 5.82 Å². The highest BCUT2D eigenvalue weighted by molar-refractivity contribution is 5.35. The van der Waals surface area contributed by atoms with Gasteiger partial charge >= 0.3 is 0 Å². The van der Waals surface area contributed by atoms with E-state index in [9.17, 15) is 0 Å². The van der Waals surface area contributed by atoms with Crippen LogP contribution in [0.3, 0.4) is 0 Å². The fourth-order valence-electron chi connectivity index (χ4n) is 2.17. The quantitative estimate of drug-likeness (QED) is 0.898. The number of rotatable bonds is 4. The van der Waals surface area contributed by atoms with Crippen molar-refractivity contribution in [1.29, 1.82) is 0 Å². The number of hydrogen-bond acceptors (Lipinski definition) is 3. The van der Waals surface area contributed by atoms with Crippen LogP contribution in [0.2, 0.25) is 0 Å². The molecule has 18 heavy (non-hydrogen) atoms. The SMILES string of the molecule is CCNC(C)(C)c1nnc(C)n1-c1ccccc1. The van der Waals surface area contributed by atoms with Crippen LogP contribution in [0.4, 0.5) is 0 Å². The van der Waals surface area contributed by atoms with Crippen LogP contribution in [0.25, 0.3) is 5.69 Å². The molecule has 1 N–H and O–H groups in total. The van der Waals surface area contributed by atoms with Gasteiger partial charge in [0.15, 0.2) is 5.82 Å². The Morgan fingerprint density at radius 3 is 2.44 bits per heavy atom. The minimum absolute atomic E-state index is 0.203. The fourth-order valence-corrected chi connectivity index (χ4v) is 2.17. The molecule has 1 aromatic carbocycles. The summed E-state index contributed by atoms with van der Waals surface area (Å²) in [7, 11) is 0. The molecule has 0 radical (unpaired) electrons. The summed E-state index contributed by atoms with van der Waals surface area (Å²) in [5, 5.41) is 12.0. The summed E-state index contributed by atoms with van der Waals surface area (Å²) in [5.74, 6) is 1.84. The van der Waals surface area contributed by atoms with Crippen molar-refractivity contribution in [2.24, 2.45) is 0 Å². The summed E-state index contributed by atoms with van der Waals surface area (Å²) in [6.45, 7) is 9.22. The zero-order valence-corrected chi connectivity index (χ0v) is 11.4. The van der Waals surface area contributed by atoms with Gasteiger partial charge in [-0.05, 0) is 39.4 Å². The van der Waals surface area contributed by atoms with E-state index < -0.39 is 0 Å². The predicted octanol–water partition coefficient (Wildman–Crippen LogP) is 2.42. The van der Waals surface area contributed by atoms with Crippen LogP contribution >= 0.6 is 0 Å². The summed E-state index contributed by atoms with van der Waals surface area (Å²) in [6, 6.07) is 10.2. The first-order valence-corrected chi connectivity index (χ1v) is 6.29. The number of aromatic nitrogens is 3. The molecule has 0 atom stereocenters. The van der Waals surface area contributed by atoms with E-state index in [-0.39, 0.29) is 5.54 Å². The molecule has 0 aliphatic carbocycles. The van der Waals surface area contributed by atoms with E-state index in [1.54, 1.807) is 0 Å². The maximum Gasteiger partial charge on any atom is 0.157 e. The lowest BCUT2D eigenvalue weighted by atomic mass is 10.0. The van der Waals surface area contributed by atoms with Gasteiger partial charge in [0.2, 0.25) is 0 Å². The normalized spacial score (nSPS) is 11.8. The molecule has 4 nitrogen and oxygen atoms in total. The molecule has 4 heteroatoms. The van der Waals surface area contributed by atoms with E-state index in [2.05, 4.69) is 53.0 Å². The second kappa shape index (κ2) is 4.90. The average molecular weight is 244 g/mol. The zero-order chi connectivity index (χ0) is 13.2. The summed E-state index contributed by atoms with van der Waals surface area (Å²) < 4.78 is 2.10. The van der Waals surface area contributed by atoms with Crippen molar-refractivity contribution in [3.05, 3.63) is 42.0 Å². The minimum atomic E-state index is -0.203. The molecule has 96 valence electrons. The van der Waals surface area contributed by atoms with Gasteiger partial charge in [-0.15, -0.1) is 10.2 Å². The molecule has 0 saturated carbocycles. The maximum atomic E-state index is 4.33. The first kappa shape index (κ1) is 12.8. The summed E-state index contributed by atoms with van der Waals surface area (Å²) in [4.78, 5) is 0. The van der Waals surface area contributed by atoms with Gasteiger partial charge < -0.3 is 5.32 Å². The van der Waals surface area contributed by atoms with Crippen LogP contribution in [0, 0.1) is 6.92 Å². The number of hydrogen-bond donors (Lipinski definition) is 1. The number of nitrogens with zero attached hydrogens (tertiary/aromatic N) is 3.